The molecule has 21 heavy (non-hydrogen) atoms. The summed E-state index contributed by atoms with van der Waals surface area (Å²) in [4.78, 5) is 13.6. The quantitative estimate of drug-likeness (QED) is 0.844. The van der Waals surface area contributed by atoms with Gasteiger partial charge in [-0.1, -0.05) is 6.92 Å². The summed E-state index contributed by atoms with van der Waals surface area (Å²) in [6.07, 6.45) is 3.33. The lowest BCUT2D eigenvalue weighted by Gasteiger charge is -2.32. The predicted octanol–water partition coefficient (Wildman–Crippen LogP) is 2.68. The van der Waals surface area contributed by atoms with Gasteiger partial charge >= 0.3 is 5.97 Å². The Morgan fingerprint density at radius 3 is 2.71 bits per heavy atom. The van der Waals surface area contributed by atoms with E-state index < -0.39 is 5.97 Å². The maximum atomic E-state index is 11.1. The van der Waals surface area contributed by atoms with E-state index in [1.807, 2.05) is 0 Å². The second kappa shape index (κ2) is 7.31. The number of piperidine rings is 1. The molecule has 1 aromatic rings. The van der Waals surface area contributed by atoms with Gasteiger partial charge in [-0.15, -0.1) is 0 Å². The van der Waals surface area contributed by atoms with Crippen LogP contribution in [0.25, 0.3) is 0 Å². The highest BCUT2D eigenvalue weighted by Crippen LogP contribution is 2.28. The van der Waals surface area contributed by atoms with Crippen molar-refractivity contribution >= 4 is 11.7 Å². The van der Waals surface area contributed by atoms with Gasteiger partial charge in [0.2, 0.25) is 0 Å². The molecule has 1 heterocycles. The summed E-state index contributed by atoms with van der Waals surface area (Å²) < 4.78 is 5.32. The number of benzene rings is 1. The van der Waals surface area contributed by atoms with Gasteiger partial charge in [-0.3, -0.25) is 0 Å². The Kier molecular flexibility index (Phi) is 5.44. The van der Waals surface area contributed by atoms with Gasteiger partial charge in [0, 0.05) is 19.1 Å². The highest BCUT2D eigenvalue weighted by Gasteiger charge is 2.20. The molecule has 1 aliphatic rings. The third kappa shape index (κ3) is 4.11. The summed E-state index contributed by atoms with van der Waals surface area (Å²) in [5.74, 6) is -0.227. The monoisotopic (exact) mass is 292 g/mol. The van der Waals surface area contributed by atoms with E-state index in [2.05, 4.69) is 17.1 Å². The topological polar surface area (TPSA) is 61.8 Å². The molecule has 5 nitrogen and oxygen atoms in total. The van der Waals surface area contributed by atoms with Crippen LogP contribution >= 0.6 is 0 Å². The Hall–Kier alpha value is -1.75. The molecule has 0 atom stereocenters. The fourth-order valence-corrected chi connectivity index (χ4v) is 2.79. The number of carbonyl (C=O) groups is 1. The van der Waals surface area contributed by atoms with E-state index >= 15 is 0 Å². The maximum Gasteiger partial charge on any atom is 0.335 e. The van der Waals surface area contributed by atoms with Gasteiger partial charge in [0.1, 0.15) is 5.75 Å². The molecule has 2 rings (SSSR count). The van der Waals surface area contributed by atoms with Crippen LogP contribution in [0.4, 0.5) is 5.69 Å². The van der Waals surface area contributed by atoms with Crippen LogP contribution in [0.15, 0.2) is 18.2 Å². The van der Waals surface area contributed by atoms with Crippen molar-refractivity contribution in [1.82, 2.24) is 4.90 Å². The van der Waals surface area contributed by atoms with Crippen LogP contribution in [0, 0.1) is 0 Å². The van der Waals surface area contributed by atoms with Crippen LogP contribution in [0.3, 0.4) is 0 Å². The zero-order chi connectivity index (χ0) is 15.2. The number of aromatic carboxylic acids is 1. The fourth-order valence-electron chi connectivity index (χ4n) is 2.79. The summed E-state index contributed by atoms with van der Waals surface area (Å²) in [5, 5.41) is 12.5. The number of rotatable bonds is 6. The molecule has 1 aliphatic heterocycles. The van der Waals surface area contributed by atoms with Crippen LogP contribution in [0.2, 0.25) is 0 Å². The van der Waals surface area contributed by atoms with E-state index in [1.54, 1.807) is 25.3 Å². The molecule has 5 heteroatoms. The number of carboxylic acids is 1. The number of ether oxygens (including phenoxy) is 1. The van der Waals surface area contributed by atoms with E-state index in [9.17, 15) is 4.79 Å². The number of hydrogen-bond donors (Lipinski definition) is 2. The SMILES string of the molecule is CCCN1CCC(Nc2cc(C(=O)O)ccc2OC)CC1. The normalized spacial score (nSPS) is 16.7. The van der Waals surface area contributed by atoms with Crippen molar-refractivity contribution in [3.8, 4) is 5.75 Å². The van der Waals surface area contributed by atoms with Crippen molar-refractivity contribution in [2.45, 2.75) is 32.2 Å². The number of carboxylic acid groups (broad SMARTS) is 1. The van der Waals surface area contributed by atoms with Crippen molar-refractivity contribution in [1.29, 1.82) is 0 Å². The minimum absolute atomic E-state index is 0.279. The smallest absolute Gasteiger partial charge is 0.335 e. The van der Waals surface area contributed by atoms with Crippen molar-refractivity contribution in [3.05, 3.63) is 23.8 Å². The van der Waals surface area contributed by atoms with Gasteiger partial charge in [-0.2, -0.15) is 0 Å². The predicted molar refractivity (Wildman–Crippen MR) is 83.3 cm³/mol. The highest BCUT2D eigenvalue weighted by molar-refractivity contribution is 5.89. The molecule has 0 bridgehead atoms. The van der Waals surface area contributed by atoms with E-state index in [4.69, 9.17) is 9.84 Å². The lowest BCUT2D eigenvalue weighted by atomic mass is 10.0. The summed E-state index contributed by atoms with van der Waals surface area (Å²) in [6.45, 7) is 5.54. The van der Waals surface area contributed by atoms with Gasteiger partial charge in [0.15, 0.2) is 0 Å². The molecular weight excluding hydrogens is 268 g/mol. The van der Waals surface area contributed by atoms with Crippen molar-refractivity contribution < 1.29 is 14.6 Å². The number of likely N-dealkylation sites (tertiary alicyclic amines) is 1. The van der Waals surface area contributed by atoms with Crippen LogP contribution in [0.5, 0.6) is 5.75 Å². The first-order valence-corrected chi connectivity index (χ1v) is 7.54. The molecule has 1 aromatic carbocycles. The zero-order valence-electron chi connectivity index (χ0n) is 12.8. The number of nitrogens with one attached hydrogen (secondary N) is 1. The maximum absolute atomic E-state index is 11.1. The molecule has 2 N–H and O–H groups in total. The second-order valence-corrected chi connectivity index (χ2v) is 5.48. The Morgan fingerprint density at radius 1 is 1.43 bits per heavy atom. The van der Waals surface area contributed by atoms with Crippen molar-refractivity contribution in [2.75, 3.05) is 32.1 Å². The number of hydrogen-bond acceptors (Lipinski definition) is 4. The Balaban J connectivity index is 2.02. The van der Waals surface area contributed by atoms with Crippen LogP contribution in [0.1, 0.15) is 36.5 Å². The lowest BCUT2D eigenvalue weighted by molar-refractivity contribution is 0.0697. The standard InChI is InChI=1S/C16H24N2O3/c1-3-8-18-9-6-13(7-10-18)17-14-11-12(16(19)20)4-5-15(14)21-2/h4-5,11,13,17H,3,6-10H2,1-2H3,(H,19,20). The average Bonchev–Trinajstić information content (AvgIpc) is 2.49. The third-order valence-electron chi connectivity index (χ3n) is 3.93. The first kappa shape index (κ1) is 15.6. The molecule has 0 unspecified atom stereocenters. The van der Waals surface area contributed by atoms with E-state index in [0.29, 0.717) is 11.8 Å². The summed E-state index contributed by atoms with van der Waals surface area (Å²) in [6, 6.07) is 5.30. The van der Waals surface area contributed by atoms with E-state index in [1.165, 1.54) is 6.42 Å². The summed E-state index contributed by atoms with van der Waals surface area (Å²) >= 11 is 0. The van der Waals surface area contributed by atoms with Crippen molar-refractivity contribution in [2.24, 2.45) is 0 Å². The lowest BCUT2D eigenvalue weighted by Crippen LogP contribution is -2.39. The molecule has 0 saturated carbocycles. The van der Waals surface area contributed by atoms with Gasteiger partial charge in [0.25, 0.3) is 0 Å². The molecule has 0 aliphatic carbocycles. The van der Waals surface area contributed by atoms with Crippen LogP contribution in [-0.4, -0.2) is 48.8 Å². The summed E-state index contributed by atoms with van der Waals surface area (Å²) in [7, 11) is 1.60. The van der Waals surface area contributed by atoms with Gasteiger partial charge in [-0.25, -0.2) is 4.79 Å². The number of methoxy groups -OCH3 is 1. The Labute approximate surface area is 125 Å². The Bertz CT molecular complexity index is 482. The zero-order valence-corrected chi connectivity index (χ0v) is 12.8. The molecule has 1 fully saturated rings. The minimum Gasteiger partial charge on any atom is -0.495 e. The third-order valence-corrected chi connectivity index (χ3v) is 3.93. The van der Waals surface area contributed by atoms with Gasteiger partial charge in [-0.05, 0) is 44.0 Å². The molecule has 1 saturated heterocycles. The first-order chi connectivity index (χ1) is 10.1. The largest absolute Gasteiger partial charge is 0.495 e. The molecular formula is C16H24N2O3. The number of nitrogens with zero attached hydrogens (tertiary/aromatic N) is 1. The summed E-state index contributed by atoms with van der Waals surface area (Å²) in [5.41, 5.74) is 1.05. The molecule has 0 amide bonds. The average molecular weight is 292 g/mol. The van der Waals surface area contributed by atoms with Crippen LogP contribution < -0.4 is 10.1 Å². The fraction of sp³-hybridized carbons (Fsp3) is 0.562. The number of anilines is 1. The van der Waals surface area contributed by atoms with Crippen molar-refractivity contribution in [3.63, 3.8) is 0 Å². The van der Waals surface area contributed by atoms with Gasteiger partial charge < -0.3 is 20.1 Å². The molecule has 116 valence electrons. The molecule has 0 radical (unpaired) electrons. The van der Waals surface area contributed by atoms with E-state index in [-0.39, 0.29) is 5.56 Å². The molecule has 0 spiro atoms. The Morgan fingerprint density at radius 2 is 2.14 bits per heavy atom. The minimum atomic E-state index is -0.918. The van der Waals surface area contributed by atoms with E-state index in [0.717, 1.165) is 38.2 Å². The van der Waals surface area contributed by atoms with Gasteiger partial charge in [0.05, 0.1) is 18.4 Å². The molecule has 0 aromatic heterocycles. The van der Waals surface area contributed by atoms with Crippen LogP contribution in [-0.2, 0) is 0 Å². The second-order valence-electron chi connectivity index (χ2n) is 5.48. The highest BCUT2D eigenvalue weighted by atomic mass is 16.5. The first-order valence-electron chi connectivity index (χ1n) is 7.54.